The Morgan fingerprint density at radius 3 is 2.50 bits per heavy atom. The van der Waals surface area contributed by atoms with Crippen LogP contribution in [0, 0.1) is 5.82 Å². The van der Waals surface area contributed by atoms with E-state index in [4.69, 9.17) is 4.74 Å². The maximum absolute atomic E-state index is 13.5. The molecular weight excluding hydrogens is 331 g/mol. The molecule has 0 saturated carbocycles. The smallest absolute Gasteiger partial charge is 0.315 e. The van der Waals surface area contributed by atoms with Crippen LogP contribution >= 0.6 is 0 Å². The Morgan fingerprint density at radius 1 is 1.04 bits per heavy atom. The van der Waals surface area contributed by atoms with Gasteiger partial charge in [0.25, 0.3) is 0 Å². The molecule has 2 aromatic carbocycles. The predicted octanol–water partition coefficient (Wildman–Crippen LogP) is 4.18. The van der Waals surface area contributed by atoms with Gasteiger partial charge in [0.2, 0.25) is 0 Å². The van der Waals surface area contributed by atoms with Crippen molar-refractivity contribution in [2.75, 3.05) is 6.54 Å². The van der Waals surface area contributed by atoms with E-state index in [1.54, 1.807) is 18.2 Å². The summed E-state index contributed by atoms with van der Waals surface area (Å²) in [5.74, 6) is -0.246. The molecule has 2 N–H and O–H groups in total. The van der Waals surface area contributed by atoms with E-state index in [1.165, 1.54) is 6.07 Å². The molecule has 26 heavy (non-hydrogen) atoms. The van der Waals surface area contributed by atoms with Crippen LogP contribution in [0.4, 0.5) is 9.18 Å². The van der Waals surface area contributed by atoms with Crippen LogP contribution in [0.3, 0.4) is 0 Å². The van der Waals surface area contributed by atoms with E-state index in [9.17, 15) is 9.18 Å². The summed E-state index contributed by atoms with van der Waals surface area (Å²) in [5, 5.41) is 5.56. The Hall–Kier alpha value is -2.40. The highest BCUT2D eigenvalue weighted by atomic mass is 19.1. The zero-order chi connectivity index (χ0) is 19.0. The van der Waals surface area contributed by atoms with E-state index < -0.39 is 0 Å². The summed E-state index contributed by atoms with van der Waals surface area (Å²) >= 11 is 0. The van der Waals surface area contributed by atoms with Crippen LogP contribution < -0.4 is 10.6 Å². The number of urea groups is 1. The van der Waals surface area contributed by atoms with Gasteiger partial charge in [0.1, 0.15) is 5.82 Å². The molecule has 0 aromatic heterocycles. The van der Waals surface area contributed by atoms with Gasteiger partial charge < -0.3 is 15.4 Å². The first-order valence-corrected chi connectivity index (χ1v) is 8.80. The Morgan fingerprint density at radius 2 is 1.77 bits per heavy atom. The molecule has 0 saturated heterocycles. The molecule has 2 aromatic rings. The molecule has 0 aliphatic rings. The van der Waals surface area contributed by atoms with Crippen LogP contribution in [0.5, 0.6) is 0 Å². The molecule has 0 unspecified atom stereocenters. The summed E-state index contributed by atoms with van der Waals surface area (Å²) in [6, 6.07) is 14.3. The number of carbonyl (C=O) groups excluding carboxylic acids is 1. The second kappa shape index (κ2) is 9.34. The summed E-state index contributed by atoms with van der Waals surface area (Å²) in [5.41, 5.74) is 2.48. The largest absolute Gasteiger partial charge is 0.371 e. The van der Waals surface area contributed by atoms with Gasteiger partial charge in [0, 0.05) is 13.1 Å². The number of halogens is 1. The number of benzene rings is 2. The highest BCUT2D eigenvalue weighted by Crippen LogP contribution is 2.13. The summed E-state index contributed by atoms with van der Waals surface area (Å²) in [6.45, 7) is 7.39. The molecule has 0 atom stereocenters. The fraction of sp³-hybridized carbons (Fsp3) is 0.381. The SMILES string of the molecule is CC(C)(C)OCc1cccc(CNC(=O)NCCc2ccccc2F)c1. The molecular formula is C21H27FN2O2. The molecule has 140 valence electrons. The molecule has 0 aliphatic heterocycles. The standard InChI is InChI=1S/C21H27FN2O2/c1-21(2,3)26-15-17-8-6-7-16(13-17)14-24-20(25)23-12-11-18-9-4-5-10-19(18)22/h4-10,13H,11-12,14-15H2,1-3H3,(H2,23,24,25). The van der Waals surface area contributed by atoms with Gasteiger partial charge in [-0.2, -0.15) is 0 Å². The predicted molar refractivity (Wildman–Crippen MR) is 101 cm³/mol. The highest BCUT2D eigenvalue weighted by molar-refractivity contribution is 5.73. The van der Waals surface area contributed by atoms with Crippen molar-refractivity contribution in [1.29, 1.82) is 0 Å². The molecule has 0 spiro atoms. The molecule has 4 nitrogen and oxygen atoms in total. The Kier molecular flexibility index (Phi) is 7.16. The van der Waals surface area contributed by atoms with Gasteiger partial charge >= 0.3 is 6.03 Å². The summed E-state index contributed by atoms with van der Waals surface area (Å²) in [4.78, 5) is 11.9. The minimum atomic E-state index is -0.266. The lowest BCUT2D eigenvalue weighted by Gasteiger charge is -2.19. The van der Waals surface area contributed by atoms with Crippen LogP contribution in [-0.2, 0) is 24.3 Å². The van der Waals surface area contributed by atoms with Crippen molar-refractivity contribution in [2.24, 2.45) is 0 Å². The van der Waals surface area contributed by atoms with E-state index >= 15 is 0 Å². The number of nitrogens with one attached hydrogen (secondary N) is 2. The molecule has 0 fully saturated rings. The number of ether oxygens (including phenoxy) is 1. The lowest BCUT2D eigenvalue weighted by atomic mass is 10.1. The van der Waals surface area contributed by atoms with Gasteiger partial charge in [-0.3, -0.25) is 0 Å². The molecule has 0 radical (unpaired) electrons. The lowest BCUT2D eigenvalue weighted by Crippen LogP contribution is -2.36. The van der Waals surface area contributed by atoms with Gasteiger partial charge in [-0.15, -0.1) is 0 Å². The summed E-state index contributed by atoms with van der Waals surface area (Å²) in [7, 11) is 0. The molecule has 2 rings (SSSR count). The van der Waals surface area contributed by atoms with Crippen LogP contribution in [0.25, 0.3) is 0 Å². The number of hydrogen-bond donors (Lipinski definition) is 2. The minimum absolute atomic E-state index is 0.188. The topological polar surface area (TPSA) is 50.4 Å². The number of hydrogen-bond acceptors (Lipinski definition) is 2. The summed E-state index contributed by atoms with van der Waals surface area (Å²) < 4.78 is 19.3. The molecule has 5 heteroatoms. The first-order valence-electron chi connectivity index (χ1n) is 8.80. The number of rotatable bonds is 7. The highest BCUT2D eigenvalue weighted by Gasteiger charge is 2.10. The Bertz CT molecular complexity index is 726. The fourth-order valence-corrected chi connectivity index (χ4v) is 2.39. The van der Waals surface area contributed by atoms with E-state index in [-0.39, 0.29) is 17.4 Å². The van der Waals surface area contributed by atoms with Crippen molar-refractivity contribution in [3.8, 4) is 0 Å². The third-order valence-corrected chi connectivity index (χ3v) is 3.75. The van der Waals surface area contributed by atoms with Gasteiger partial charge in [-0.25, -0.2) is 9.18 Å². The summed E-state index contributed by atoms with van der Waals surface area (Å²) in [6.07, 6.45) is 0.458. The van der Waals surface area contributed by atoms with Crippen LogP contribution in [0.15, 0.2) is 48.5 Å². The minimum Gasteiger partial charge on any atom is -0.371 e. The van der Waals surface area contributed by atoms with Gasteiger partial charge in [-0.1, -0.05) is 42.5 Å². The third-order valence-electron chi connectivity index (χ3n) is 3.75. The van der Waals surface area contributed by atoms with E-state index in [0.29, 0.717) is 31.7 Å². The quantitative estimate of drug-likeness (QED) is 0.780. The number of carbonyl (C=O) groups is 1. The second-order valence-electron chi connectivity index (χ2n) is 7.17. The monoisotopic (exact) mass is 358 g/mol. The average Bonchev–Trinajstić information content (AvgIpc) is 2.60. The second-order valence-corrected chi connectivity index (χ2v) is 7.17. The Balaban J connectivity index is 1.74. The van der Waals surface area contributed by atoms with Crippen molar-refractivity contribution >= 4 is 6.03 Å². The normalized spacial score (nSPS) is 11.2. The third kappa shape index (κ3) is 7.23. The first-order chi connectivity index (χ1) is 12.3. The van der Waals surface area contributed by atoms with Gasteiger partial charge in [0.15, 0.2) is 0 Å². The van der Waals surface area contributed by atoms with E-state index in [0.717, 1.165) is 11.1 Å². The molecule has 0 aliphatic carbocycles. The van der Waals surface area contributed by atoms with Crippen LogP contribution in [-0.4, -0.2) is 18.2 Å². The zero-order valence-corrected chi connectivity index (χ0v) is 15.6. The zero-order valence-electron chi connectivity index (χ0n) is 15.6. The molecule has 0 heterocycles. The van der Waals surface area contributed by atoms with E-state index in [1.807, 2.05) is 45.0 Å². The Labute approximate surface area is 154 Å². The van der Waals surface area contributed by atoms with Crippen molar-refractivity contribution in [1.82, 2.24) is 10.6 Å². The van der Waals surface area contributed by atoms with Gasteiger partial charge in [-0.05, 0) is 49.9 Å². The van der Waals surface area contributed by atoms with E-state index in [2.05, 4.69) is 10.6 Å². The average molecular weight is 358 g/mol. The maximum Gasteiger partial charge on any atom is 0.315 e. The van der Waals surface area contributed by atoms with Gasteiger partial charge in [0.05, 0.1) is 12.2 Å². The van der Waals surface area contributed by atoms with Crippen LogP contribution in [0.1, 0.15) is 37.5 Å². The van der Waals surface area contributed by atoms with Crippen molar-refractivity contribution in [3.05, 3.63) is 71.0 Å². The van der Waals surface area contributed by atoms with Crippen molar-refractivity contribution in [3.63, 3.8) is 0 Å². The number of amides is 2. The van der Waals surface area contributed by atoms with Crippen molar-refractivity contribution in [2.45, 2.75) is 45.9 Å². The van der Waals surface area contributed by atoms with Crippen LogP contribution in [0.2, 0.25) is 0 Å². The fourth-order valence-electron chi connectivity index (χ4n) is 2.39. The first kappa shape index (κ1) is 19.9. The maximum atomic E-state index is 13.5. The molecule has 2 amide bonds. The van der Waals surface area contributed by atoms with Crippen molar-refractivity contribution < 1.29 is 13.9 Å². The lowest BCUT2D eigenvalue weighted by molar-refractivity contribution is -0.0149. The molecule has 0 bridgehead atoms.